The number of rotatable bonds is 4. The second-order valence-electron chi connectivity index (χ2n) is 6.01. The van der Waals surface area contributed by atoms with Gasteiger partial charge in [-0.2, -0.15) is 0 Å². The van der Waals surface area contributed by atoms with E-state index in [1.54, 1.807) is 6.92 Å². The summed E-state index contributed by atoms with van der Waals surface area (Å²) in [5, 5.41) is 11.0. The predicted molar refractivity (Wildman–Crippen MR) is 68.3 cm³/mol. The van der Waals surface area contributed by atoms with Crippen molar-refractivity contribution in [3.05, 3.63) is 22.3 Å². The van der Waals surface area contributed by atoms with Crippen molar-refractivity contribution >= 4 is 11.8 Å². The van der Waals surface area contributed by atoms with E-state index >= 15 is 0 Å². The summed E-state index contributed by atoms with van der Waals surface area (Å²) in [7, 11) is 0. The van der Waals surface area contributed by atoms with Gasteiger partial charge in [-0.3, -0.25) is 19.7 Å². The number of fused-ring (bicyclic) bond motifs is 5. The first-order chi connectivity index (χ1) is 9.49. The van der Waals surface area contributed by atoms with E-state index in [4.69, 9.17) is 4.74 Å². The molecule has 2 saturated carbocycles. The van der Waals surface area contributed by atoms with Crippen LogP contribution in [-0.2, 0) is 14.3 Å². The first kappa shape index (κ1) is 13.3. The van der Waals surface area contributed by atoms with Gasteiger partial charge in [0, 0.05) is 17.3 Å². The summed E-state index contributed by atoms with van der Waals surface area (Å²) in [6.07, 6.45) is 4.83. The van der Waals surface area contributed by atoms with E-state index in [1.165, 1.54) is 0 Å². The summed E-state index contributed by atoms with van der Waals surface area (Å²) >= 11 is 0. The van der Waals surface area contributed by atoms with E-state index < -0.39 is 22.9 Å². The minimum Gasteiger partial charge on any atom is -0.465 e. The molecule has 5 atom stereocenters. The second kappa shape index (κ2) is 4.40. The summed E-state index contributed by atoms with van der Waals surface area (Å²) in [6, 6.07) is 0. The molecule has 6 nitrogen and oxygen atoms in total. The Hall–Kier alpha value is -1.72. The molecule has 0 amide bonds. The number of allylic oxidation sites excluding steroid dienone is 2. The largest absolute Gasteiger partial charge is 0.465 e. The van der Waals surface area contributed by atoms with E-state index in [2.05, 4.69) is 0 Å². The molecule has 0 aromatic carbocycles. The molecule has 3 aliphatic carbocycles. The van der Waals surface area contributed by atoms with Crippen LogP contribution in [0.4, 0.5) is 0 Å². The number of ketones is 1. The SMILES string of the molecule is CCOC(=O)[C@]1(C[N+](=O)[O-])CC(=O)[C@H]2[C@@H]1[C@@H]1C=C[C@H]2C1. The summed E-state index contributed by atoms with van der Waals surface area (Å²) in [6.45, 7) is 1.34. The summed E-state index contributed by atoms with van der Waals surface area (Å²) in [5.41, 5.74) is -1.26. The molecule has 3 aliphatic rings. The van der Waals surface area contributed by atoms with Crippen molar-refractivity contribution in [1.29, 1.82) is 0 Å². The second-order valence-corrected chi connectivity index (χ2v) is 6.01. The lowest BCUT2D eigenvalue weighted by Crippen LogP contribution is -2.45. The molecular formula is C14H17NO5. The molecule has 0 unspecified atom stereocenters. The van der Waals surface area contributed by atoms with Crippen molar-refractivity contribution in [2.24, 2.45) is 29.1 Å². The van der Waals surface area contributed by atoms with Crippen LogP contribution in [0.2, 0.25) is 0 Å². The smallest absolute Gasteiger partial charge is 0.319 e. The molecule has 0 aromatic rings. The Morgan fingerprint density at radius 3 is 2.85 bits per heavy atom. The number of carbonyl (C=O) groups excluding carboxylic acids is 2. The Kier molecular flexibility index (Phi) is 2.92. The number of nitro groups is 1. The maximum absolute atomic E-state index is 12.4. The molecule has 3 rings (SSSR count). The highest BCUT2D eigenvalue weighted by Gasteiger charge is 2.68. The van der Waals surface area contributed by atoms with Crippen LogP contribution in [0.25, 0.3) is 0 Å². The van der Waals surface area contributed by atoms with E-state index in [-0.39, 0.29) is 42.5 Å². The standard InChI is InChI=1S/C14H17NO5/c1-2-20-13(17)14(7-15(18)19)6-10(16)11-8-3-4-9(5-8)12(11)14/h3-4,8-9,11-12H,2,5-7H2,1H3/t8-,9+,11-,12-,14-/m0/s1. The van der Waals surface area contributed by atoms with Gasteiger partial charge in [-0.15, -0.1) is 0 Å². The Morgan fingerprint density at radius 2 is 2.20 bits per heavy atom. The van der Waals surface area contributed by atoms with Crippen LogP contribution in [0.5, 0.6) is 0 Å². The van der Waals surface area contributed by atoms with Gasteiger partial charge in [0.15, 0.2) is 0 Å². The third-order valence-electron chi connectivity index (χ3n) is 5.05. The zero-order chi connectivity index (χ0) is 14.5. The first-order valence-corrected chi connectivity index (χ1v) is 6.99. The maximum atomic E-state index is 12.4. The predicted octanol–water partition coefficient (Wildman–Crippen LogP) is 1.22. The van der Waals surface area contributed by atoms with Crippen molar-refractivity contribution in [2.45, 2.75) is 19.8 Å². The molecule has 0 heterocycles. The topological polar surface area (TPSA) is 86.5 Å². The van der Waals surface area contributed by atoms with Crippen LogP contribution in [0.1, 0.15) is 19.8 Å². The number of hydrogen-bond donors (Lipinski definition) is 0. The van der Waals surface area contributed by atoms with E-state index in [1.807, 2.05) is 12.2 Å². The number of nitrogens with zero attached hydrogens (tertiary/aromatic N) is 1. The molecule has 0 radical (unpaired) electrons. The molecule has 20 heavy (non-hydrogen) atoms. The summed E-state index contributed by atoms with van der Waals surface area (Å²) < 4.78 is 5.07. The average molecular weight is 279 g/mol. The van der Waals surface area contributed by atoms with Crippen LogP contribution in [-0.4, -0.2) is 29.8 Å². The Morgan fingerprint density at radius 1 is 1.50 bits per heavy atom. The number of ether oxygens (including phenoxy) is 1. The number of Topliss-reactive ketones (excluding diaryl/α,β-unsaturated/α-hetero) is 1. The molecule has 0 N–H and O–H groups in total. The quantitative estimate of drug-likeness (QED) is 0.334. The van der Waals surface area contributed by atoms with Crippen molar-refractivity contribution in [3.63, 3.8) is 0 Å². The number of esters is 1. The van der Waals surface area contributed by atoms with Crippen molar-refractivity contribution in [3.8, 4) is 0 Å². The van der Waals surface area contributed by atoms with Crippen LogP contribution in [0, 0.1) is 39.2 Å². The fraction of sp³-hybridized carbons (Fsp3) is 0.714. The minimum atomic E-state index is -1.26. The van der Waals surface area contributed by atoms with Gasteiger partial charge in [0.05, 0.1) is 6.61 Å². The van der Waals surface area contributed by atoms with Gasteiger partial charge in [-0.05, 0) is 31.1 Å². The molecule has 0 saturated heterocycles. The van der Waals surface area contributed by atoms with Crippen LogP contribution in [0.15, 0.2) is 12.2 Å². The molecule has 0 spiro atoms. The van der Waals surface area contributed by atoms with Crippen molar-refractivity contribution in [1.82, 2.24) is 0 Å². The van der Waals surface area contributed by atoms with Crippen LogP contribution >= 0.6 is 0 Å². The lowest BCUT2D eigenvalue weighted by atomic mass is 9.70. The van der Waals surface area contributed by atoms with E-state index in [0.29, 0.717) is 0 Å². The zero-order valence-electron chi connectivity index (χ0n) is 11.3. The Bertz CT molecular complexity index is 514. The first-order valence-electron chi connectivity index (χ1n) is 6.99. The summed E-state index contributed by atoms with van der Waals surface area (Å²) in [4.78, 5) is 35.2. The van der Waals surface area contributed by atoms with Crippen LogP contribution < -0.4 is 0 Å². The molecule has 0 aromatic heterocycles. The van der Waals surface area contributed by atoms with Gasteiger partial charge in [-0.25, -0.2) is 0 Å². The highest BCUT2D eigenvalue weighted by molar-refractivity contribution is 5.94. The third kappa shape index (κ3) is 1.63. The fourth-order valence-corrected chi connectivity index (χ4v) is 4.50. The minimum absolute atomic E-state index is 0.0123. The van der Waals surface area contributed by atoms with Gasteiger partial charge in [0.2, 0.25) is 6.54 Å². The molecule has 0 aliphatic heterocycles. The monoisotopic (exact) mass is 279 g/mol. The summed E-state index contributed by atoms with van der Waals surface area (Å²) in [5.74, 6) is -0.814. The Balaban J connectivity index is 2.01. The van der Waals surface area contributed by atoms with Crippen LogP contribution in [0.3, 0.4) is 0 Å². The molecular weight excluding hydrogens is 262 g/mol. The fourth-order valence-electron chi connectivity index (χ4n) is 4.50. The van der Waals surface area contributed by atoms with Gasteiger partial charge in [-0.1, -0.05) is 12.2 Å². The number of hydrogen-bond acceptors (Lipinski definition) is 5. The lowest BCUT2D eigenvalue weighted by Gasteiger charge is -2.32. The normalized spacial score (nSPS) is 41.0. The van der Waals surface area contributed by atoms with Gasteiger partial charge >= 0.3 is 5.97 Å². The molecule has 108 valence electrons. The van der Waals surface area contributed by atoms with Gasteiger partial charge < -0.3 is 4.74 Å². The Labute approximate surface area is 116 Å². The average Bonchev–Trinajstić information content (AvgIpc) is 3.02. The molecule has 2 bridgehead atoms. The van der Waals surface area contributed by atoms with Gasteiger partial charge in [0.25, 0.3) is 0 Å². The molecule has 2 fully saturated rings. The van der Waals surface area contributed by atoms with E-state index in [9.17, 15) is 19.7 Å². The maximum Gasteiger partial charge on any atom is 0.319 e. The highest BCUT2D eigenvalue weighted by atomic mass is 16.6. The highest BCUT2D eigenvalue weighted by Crippen LogP contribution is 2.61. The lowest BCUT2D eigenvalue weighted by molar-refractivity contribution is -0.496. The van der Waals surface area contributed by atoms with E-state index in [0.717, 1.165) is 6.42 Å². The van der Waals surface area contributed by atoms with Gasteiger partial charge in [0.1, 0.15) is 11.2 Å². The molecule has 6 heteroatoms. The van der Waals surface area contributed by atoms with Crippen molar-refractivity contribution < 1.29 is 19.2 Å². The third-order valence-corrected chi connectivity index (χ3v) is 5.05. The zero-order valence-corrected chi connectivity index (χ0v) is 11.3. The van der Waals surface area contributed by atoms with Crippen molar-refractivity contribution in [2.75, 3.05) is 13.2 Å². The number of carbonyl (C=O) groups is 2.